The number of aliphatic imine (C=N–C) groups is 1. The highest BCUT2D eigenvalue weighted by Crippen LogP contribution is 2.21. The Morgan fingerprint density at radius 3 is 2.25 bits per heavy atom. The number of hydrogen-bond donors (Lipinski definition) is 0. The van der Waals surface area contributed by atoms with Crippen LogP contribution in [-0.2, 0) is 6.42 Å². The van der Waals surface area contributed by atoms with Gasteiger partial charge in [0.25, 0.3) is 0 Å². The molecule has 0 saturated heterocycles. The van der Waals surface area contributed by atoms with Crippen LogP contribution >= 0.6 is 0 Å². The van der Waals surface area contributed by atoms with Crippen molar-refractivity contribution in [2.75, 3.05) is 0 Å². The van der Waals surface area contributed by atoms with Crippen molar-refractivity contribution >= 4 is 11.4 Å². The zero-order chi connectivity index (χ0) is 20.8. The van der Waals surface area contributed by atoms with E-state index in [1.165, 1.54) is 0 Å². The zero-order valence-electron chi connectivity index (χ0n) is 17.7. The Kier molecular flexibility index (Phi) is 10.8. The maximum Gasteiger partial charge on any atom is 0.0735 e. The van der Waals surface area contributed by atoms with Gasteiger partial charge in [-0.25, -0.2) is 0 Å². The largest absolute Gasteiger partial charge is 0.265 e. The van der Waals surface area contributed by atoms with Crippen molar-refractivity contribution in [2.45, 2.75) is 41.0 Å². The Morgan fingerprint density at radius 2 is 1.75 bits per heavy atom. The number of aromatic nitrogens is 2. The highest BCUT2D eigenvalue weighted by atomic mass is 14.8. The lowest BCUT2D eigenvalue weighted by atomic mass is 10.1. The first-order valence-electron chi connectivity index (χ1n) is 9.51. The molecule has 0 bridgehead atoms. The van der Waals surface area contributed by atoms with E-state index in [1.54, 1.807) is 12.4 Å². The predicted octanol–water partition coefficient (Wildman–Crippen LogP) is 6.63. The second-order valence-electron chi connectivity index (χ2n) is 6.30. The molecule has 0 aromatic carbocycles. The molecule has 0 radical (unpaired) electrons. The molecule has 3 nitrogen and oxygen atoms in total. The van der Waals surface area contributed by atoms with Crippen molar-refractivity contribution < 1.29 is 0 Å². The van der Waals surface area contributed by atoms with E-state index < -0.39 is 0 Å². The van der Waals surface area contributed by atoms with Gasteiger partial charge >= 0.3 is 0 Å². The van der Waals surface area contributed by atoms with E-state index in [9.17, 15) is 0 Å². The van der Waals surface area contributed by atoms with Gasteiger partial charge in [0.1, 0.15) is 0 Å². The minimum atomic E-state index is 0.940. The van der Waals surface area contributed by atoms with E-state index in [2.05, 4.69) is 36.5 Å². The molecule has 0 N–H and O–H groups in total. The highest BCUT2D eigenvalue weighted by molar-refractivity contribution is 6.00. The summed E-state index contributed by atoms with van der Waals surface area (Å²) in [4.78, 5) is 12.9. The first-order valence-corrected chi connectivity index (χ1v) is 9.51. The summed E-state index contributed by atoms with van der Waals surface area (Å²) < 4.78 is 0. The minimum absolute atomic E-state index is 0.940. The summed E-state index contributed by atoms with van der Waals surface area (Å²) in [5.41, 5.74) is 6.19. The molecular formula is C25H31N3. The third-order valence-corrected chi connectivity index (χ3v) is 3.96. The fourth-order valence-electron chi connectivity index (χ4n) is 2.15. The third kappa shape index (κ3) is 8.54. The van der Waals surface area contributed by atoms with Gasteiger partial charge in [-0.2, -0.15) is 0 Å². The van der Waals surface area contributed by atoms with E-state index in [-0.39, 0.29) is 0 Å². The number of pyridine rings is 2. The molecule has 0 unspecified atom stereocenters. The summed E-state index contributed by atoms with van der Waals surface area (Å²) in [6.07, 6.45) is 14.5. The van der Waals surface area contributed by atoms with Gasteiger partial charge in [0.2, 0.25) is 0 Å². The predicted molar refractivity (Wildman–Crippen MR) is 122 cm³/mol. The van der Waals surface area contributed by atoms with Crippen molar-refractivity contribution in [2.24, 2.45) is 4.99 Å². The molecule has 2 heterocycles. The van der Waals surface area contributed by atoms with Crippen LogP contribution in [0.4, 0.5) is 0 Å². The third-order valence-electron chi connectivity index (χ3n) is 3.96. The van der Waals surface area contributed by atoms with Gasteiger partial charge in [0.05, 0.1) is 5.70 Å². The summed E-state index contributed by atoms with van der Waals surface area (Å²) >= 11 is 0. The lowest BCUT2D eigenvalue weighted by molar-refractivity contribution is 1.04. The minimum Gasteiger partial charge on any atom is -0.265 e. The number of hydrogen-bond acceptors (Lipinski definition) is 3. The Morgan fingerprint density at radius 1 is 1.04 bits per heavy atom. The summed E-state index contributed by atoms with van der Waals surface area (Å²) in [5.74, 6) is 0. The van der Waals surface area contributed by atoms with E-state index >= 15 is 0 Å². The maximum absolute atomic E-state index is 4.72. The standard InChI is InChI=1S/C18H22N2.C7H9N/c1-6-7-8-9-15(4)18(20-16(5)14(2)3)17-10-12-19-13-11-17;1-2-7-5-3-4-6-8-7/h6-13H,2H2,1,3-5H3;3-6H,2H2,1H3/b7-6-,9-8-,18-15+,20-16?;. The van der Waals surface area contributed by atoms with Gasteiger partial charge in [-0.3, -0.25) is 15.0 Å². The molecule has 2 rings (SSSR count). The molecule has 146 valence electrons. The lowest BCUT2D eigenvalue weighted by Crippen LogP contribution is -1.95. The Bertz CT molecular complexity index is 842. The number of aryl methyl sites for hydroxylation is 1. The normalized spacial score (nSPS) is 12.5. The molecule has 0 atom stereocenters. The summed E-state index contributed by atoms with van der Waals surface area (Å²) in [5, 5.41) is 0. The molecule has 0 fully saturated rings. The summed E-state index contributed by atoms with van der Waals surface area (Å²) in [6, 6.07) is 9.90. The molecule has 28 heavy (non-hydrogen) atoms. The van der Waals surface area contributed by atoms with Crippen LogP contribution < -0.4 is 0 Å². The molecule has 2 aromatic rings. The Balaban J connectivity index is 0.000000406. The molecule has 0 aliphatic carbocycles. The molecule has 2 aromatic heterocycles. The van der Waals surface area contributed by atoms with Crippen LogP contribution in [0.3, 0.4) is 0 Å². The molecule has 3 heteroatoms. The van der Waals surface area contributed by atoms with Gasteiger partial charge < -0.3 is 0 Å². The van der Waals surface area contributed by atoms with Gasteiger partial charge in [-0.1, -0.05) is 43.9 Å². The second-order valence-corrected chi connectivity index (χ2v) is 6.30. The van der Waals surface area contributed by atoms with Crippen molar-refractivity contribution in [3.63, 3.8) is 0 Å². The van der Waals surface area contributed by atoms with Gasteiger partial charge in [-0.15, -0.1) is 0 Å². The topological polar surface area (TPSA) is 38.1 Å². The van der Waals surface area contributed by atoms with Gasteiger partial charge in [0.15, 0.2) is 0 Å². The summed E-state index contributed by atoms with van der Waals surface area (Å²) in [6.45, 7) is 14.0. The fraction of sp³-hybridized carbons (Fsp3) is 0.240. The van der Waals surface area contributed by atoms with E-state index in [1.807, 2.05) is 75.5 Å². The van der Waals surface area contributed by atoms with Gasteiger partial charge in [-0.05, 0) is 69.5 Å². The van der Waals surface area contributed by atoms with Crippen LogP contribution in [0.1, 0.15) is 45.9 Å². The first-order chi connectivity index (χ1) is 13.5. The van der Waals surface area contributed by atoms with Crippen molar-refractivity contribution in [3.8, 4) is 0 Å². The maximum atomic E-state index is 4.72. The first kappa shape index (κ1) is 23.0. The van der Waals surface area contributed by atoms with Crippen LogP contribution in [0.2, 0.25) is 0 Å². The number of rotatable bonds is 6. The van der Waals surface area contributed by atoms with E-state index in [0.29, 0.717) is 0 Å². The van der Waals surface area contributed by atoms with Crippen LogP contribution in [0.15, 0.2) is 95.9 Å². The van der Waals surface area contributed by atoms with Crippen LogP contribution in [0.25, 0.3) is 5.70 Å². The second kappa shape index (κ2) is 13.2. The molecule has 0 amide bonds. The molecule has 0 aliphatic rings. The highest BCUT2D eigenvalue weighted by Gasteiger charge is 2.04. The molecular weight excluding hydrogens is 342 g/mol. The Hall–Kier alpha value is -3.07. The zero-order valence-corrected chi connectivity index (χ0v) is 17.7. The average molecular weight is 374 g/mol. The van der Waals surface area contributed by atoms with Gasteiger partial charge in [0, 0.05) is 35.6 Å². The summed E-state index contributed by atoms with van der Waals surface area (Å²) in [7, 11) is 0. The quantitative estimate of drug-likeness (QED) is 0.421. The SMILES string of the molecule is C=C(C)C(C)=N/C(=C(C)/C=C\C=C/C)c1ccncc1.CCc1ccccn1. The Labute approximate surface area is 170 Å². The molecule has 0 aliphatic heterocycles. The van der Waals surface area contributed by atoms with Crippen molar-refractivity contribution in [1.29, 1.82) is 0 Å². The van der Waals surface area contributed by atoms with E-state index in [4.69, 9.17) is 4.99 Å². The smallest absolute Gasteiger partial charge is 0.0735 e. The lowest BCUT2D eigenvalue weighted by Gasteiger charge is -2.07. The van der Waals surface area contributed by atoms with E-state index in [0.717, 1.165) is 40.2 Å². The number of nitrogens with zero attached hydrogens (tertiary/aromatic N) is 3. The molecule has 0 saturated carbocycles. The fourth-order valence-corrected chi connectivity index (χ4v) is 2.15. The number of allylic oxidation sites excluding steroid dienone is 6. The van der Waals surface area contributed by atoms with Crippen LogP contribution in [-0.4, -0.2) is 15.7 Å². The molecule has 0 spiro atoms. The average Bonchev–Trinajstić information content (AvgIpc) is 2.73. The van der Waals surface area contributed by atoms with Crippen LogP contribution in [0.5, 0.6) is 0 Å². The van der Waals surface area contributed by atoms with Crippen molar-refractivity contribution in [3.05, 3.63) is 102 Å². The van der Waals surface area contributed by atoms with Crippen LogP contribution in [0, 0.1) is 0 Å². The van der Waals surface area contributed by atoms with Crippen molar-refractivity contribution in [1.82, 2.24) is 9.97 Å². The monoisotopic (exact) mass is 373 g/mol.